The lowest BCUT2D eigenvalue weighted by atomic mass is 10.2. The fraction of sp³-hybridized carbons (Fsp3) is 0.600. The van der Waals surface area contributed by atoms with Crippen molar-refractivity contribution in [1.82, 2.24) is 20.2 Å². The van der Waals surface area contributed by atoms with Crippen molar-refractivity contribution in [3.05, 3.63) is 22.2 Å². The van der Waals surface area contributed by atoms with Crippen molar-refractivity contribution in [3.8, 4) is 0 Å². The van der Waals surface area contributed by atoms with E-state index >= 15 is 0 Å². The molecule has 0 saturated carbocycles. The summed E-state index contributed by atoms with van der Waals surface area (Å²) >= 11 is 11.7. The fourth-order valence-corrected chi connectivity index (χ4v) is 2.23. The minimum atomic E-state index is 0. The van der Waals surface area contributed by atoms with Gasteiger partial charge in [0.2, 0.25) is 5.28 Å². The first-order chi connectivity index (χ1) is 7.65. The van der Waals surface area contributed by atoms with E-state index < -0.39 is 0 Å². The molecule has 1 fully saturated rings. The highest BCUT2D eigenvalue weighted by Gasteiger charge is 2.17. The molecule has 1 aromatic rings. The highest BCUT2D eigenvalue weighted by atomic mass is 35.5. The summed E-state index contributed by atoms with van der Waals surface area (Å²) in [6, 6.07) is 0.515. The first-order valence-electron chi connectivity index (χ1n) is 5.28. The highest BCUT2D eigenvalue weighted by molar-refractivity contribution is 6.32. The molecule has 4 nitrogen and oxygen atoms in total. The van der Waals surface area contributed by atoms with Crippen molar-refractivity contribution in [1.29, 1.82) is 0 Å². The smallest absolute Gasteiger partial charge is 0.223 e. The Kier molecular flexibility index (Phi) is 5.89. The van der Waals surface area contributed by atoms with Crippen LogP contribution in [-0.2, 0) is 6.54 Å². The van der Waals surface area contributed by atoms with Crippen LogP contribution in [0.1, 0.15) is 12.5 Å². The zero-order valence-corrected chi connectivity index (χ0v) is 11.8. The quantitative estimate of drug-likeness (QED) is 0.670. The van der Waals surface area contributed by atoms with E-state index in [9.17, 15) is 0 Å². The maximum Gasteiger partial charge on any atom is 0.223 e. The first-order valence-corrected chi connectivity index (χ1v) is 6.03. The van der Waals surface area contributed by atoms with Gasteiger partial charge >= 0.3 is 0 Å². The molecule has 7 heteroatoms. The Morgan fingerprint density at radius 1 is 1.53 bits per heavy atom. The van der Waals surface area contributed by atoms with E-state index in [2.05, 4.69) is 27.1 Å². The lowest BCUT2D eigenvalue weighted by molar-refractivity contribution is 0.199. The summed E-state index contributed by atoms with van der Waals surface area (Å²) in [6.45, 7) is 5.99. The average Bonchev–Trinajstić information content (AvgIpc) is 2.22. The molecule has 2 rings (SSSR count). The normalized spacial score (nSPS) is 21.0. The van der Waals surface area contributed by atoms with Gasteiger partial charge in [-0.2, -0.15) is 0 Å². The number of hydrogen-bond acceptors (Lipinski definition) is 4. The molecule has 0 bridgehead atoms. The van der Waals surface area contributed by atoms with Crippen LogP contribution in [0.5, 0.6) is 0 Å². The molecule has 96 valence electrons. The number of piperazine rings is 1. The van der Waals surface area contributed by atoms with E-state index in [0.717, 1.165) is 31.7 Å². The van der Waals surface area contributed by atoms with Crippen molar-refractivity contribution >= 4 is 35.6 Å². The standard InChI is InChI=1S/C10H14Cl2N4.ClH/c1-7-5-16(3-2-13-7)6-8-4-14-10(12)15-9(8)11;/h4,7,13H,2-3,5-6H2,1H3;1H. The van der Waals surface area contributed by atoms with Gasteiger partial charge < -0.3 is 5.32 Å². The van der Waals surface area contributed by atoms with Gasteiger partial charge in [-0.1, -0.05) is 11.6 Å². The van der Waals surface area contributed by atoms with E-state index in [1.165, 1.54) is 0 Å². The summed E-state index contributed by atoms with van der Waals surface area (Å²) in [5, 5.41) is 4.04. The van der Waals surface area contributed by atoms with Crippen LogP contribution < -0.4 is 5.32 Å². The van der Waals surface area contributed by atoms with Crippen LogP contribution in [0.2, 0.25) is 10.4 Å². The van der Waals surface area contributed by atoms with Crippen molar-refractivity contribution in [3.63, 3.8) is 0 Å². The van der Waals surface area contributed by atoms with E-state index in [1.807, 2.05) is 0 Å². The number of halogens is 3. The Morgan fingerprint density at radius 2 is 2.29 bits per heavy atom. The van der Waals surface area contributed by atoms with Crippen LogP contribution in [0.25, 0.3) is 0 Å². The minimum absolute atomic E-state index is 0. The number of nitrogens with zero attached hydrogens (tertiary/aromatic N) is 3. The van der Waals surface area contributed by atoms with Gasteiger partial charge in [0.1, 0.15) is 5.15 Å². The lowest BCUT2D eigenvalue weighted by Crippen LogP contribution is -2.48. The third-order valence-corrected chi connectivity index (χ3v) is 3.14. The molecule has 1 aliphatic rings. The predicted octanol–water partition coefficient (Wildman–Crippen LogP) is 2.00. The van der Waals surface area contributed by atoms with Crippen LogP contribution in [0, 0.1) is 0 Å². The second-order valence-electron chi connectivity index (χ2n) is 4.05. The summed E-state index contributed by atoms with van der Waals surface area (Å²) < 4.78 is 0. The molecule has 1 N–H and O–H groups in total. The minimum Gasteiger partial charge on any atom is -0.312 e. The van der Waals surface area contributed by atoms with Crippen LogP contribution in [0.3, 0.4) is 0 Å². The molecule has 1 aromatic heterocycles. The molecule has 1 atom stereocenters. The predicted molar refractivity (Wildman–Crippen MR) is 72.0 cm³/mol. The van der Waals surface area contributed by atoms with Gasteiger partial charge in [-0.3, -0.25) is 4.90 Å². The van der Waals surface area contributed by atoms with Gasteiger partial charge in [-0.15, -0.1) is 12.4 Å². The van der Waals surface area contributed by atoms with Crippen LogP contribution in [0.4, 0.5) is 0 Å². The molecule has 0 radical (unpaired) electrons. The Morgan fingerprint density at radius 3 is 2.94 bits per heavy atom. The molecule has 17 heavy (non-hydrogen) atoms. The van der Waals surface area contributed by atoms with Crippen molar-refractivity contribution in [2.75, 3.05) is 19.6 Å². The van der Waals surface area contributed by atoms with E-state index in [-0.39, 0.29) is 17.7 Å². The van der Waals surface area contributed by atoms with Crippen molar-refractivity contribution < 1.29 is 0 Å². The molecule has 0 spiro atoms. The largest absolute Gasteiger partial charge is 0.312 e. The molecule has 0 aliphatic carbocycles. The molecule has 0 aromatic carbocycles. The first kappa shape index (κ1) is 14.9. The number of hydrogen-bond donors (Lipinski definition) is 1. The van der Waals surface area contributed by atoms with Crippen LogP contribution >= 0.6 is 35.6 Å². The second-order valence-corrected chi connectivity index (χ2v) is 4.74. The molecule has 1 aliphatic heterocycles. The highest BCUT2D eigenvalue weighted by Crippen LogP contribution is 2.16. The van der Waals surface area contributed by atoms with Gasteiger partial charge in [-0.25, -0.2) is 9.97 Å². The average molecular weight is 298 g/mol. The molecule has 0 amide bonds. The molecular formula is C10H15Cl3N4. The maximum absolute atomic E-state index is 6.01. The zero-order chi connectivity index (χ0) is 11.5. The lowest BCUT2D eigenvalue weighted by Gasteiger charge is -2.31. The SMILES string of the molecule is CC1CN(Cc2cnc(Cl)nc2Cl)CCN1.Cl. The topological polar surface area (TPSA) is 41.1 Å². The molecule has 1 unspecified atom stereocenters. The fourth-order valence-electron chi connectivity index (χ4n) is 1.87. The van der Waals surface area contributed by atoms with Gasteiger partial charge in [0, 0.05) is 44.0 Å². The molecule has 1 saturated heterocycles. The number of rotatable bonds is 2. The van der Waals surface area contributed by atoms with Crippen molar-refractivity contribution in [2.45, 2.75) is 19.5 Å². The summed E-state index contributed by atoms with van der Waals surface area (Å²) in [4.78, 5) is 10.2. The zero-order valence-electron chi connectivity index (χ0n) is 9.49. The number of nitrogens with one attached hydrogen (secondary N) is 1. The van der Waals surface area contributed by atoms with Crippen LogP contribution in [0.15, 0.2) is 6.20 Å². The summed E-state index contributed by atoms with van der Waals surface area (Å²) in [6.07, 6.45) is 1.70. The molecule has 2 heterocycles. The van der Waals surface area contributed by atoms with E-state index in [4.69, 9.17) is 23.2 Å². The number of aromatic nitrogens is 2. The Bertz CT molecular complexity index is 375. The van der Waals surface area contributed by atoms with Gasteiger partial charge in [0.05, 0.1) is 0 Å². The summed E-state index contributed by atoms with van der Waals surface area (Å²) in [5.74, 6) is 0. The second kappa shape index (κ2) is 6.71. The Labute approximate surface area is 117 Å². The maximum atomic E-state index is 6.01. The molecular weight excluding hydrogens is 282 g/mol. The third kappa shape index (κ3) is 4.23. The van der Waals surface area contributed by atoms with Gasteiger partial charge in [-0.05, 0) is 18.5 Å². The third-order valence-electron chi connectivity index (χ3n) is 2.63. The monoisotopic (exact) mass is 296 g/mol. The van der Waals surface area contributed by atoms with Gasteiger partial charge in [0.15, 0.2) is 0 Å². The van der Waals surface area contributed by atoms with Crippen molar-refractivity contribution in [2.24, 2.45) is 0 Å². The van der Waals surface area contributed by atoms with E-state index in [0.29, 0.717) is 11.2 Å². The van der Waals surface area contributed by atoms with E-state index in [1.54, 1.807) is 6.20 Å². The summed E-state index contributed by atoms with van der Waals surface area (Å²) in [7, 11) is 0. The van der Waals surface area contributed by atoms with Gasteiger partial charge in [0.25, 0.3) is 0 Å². The Hall–Kier alpha value is -0.130. The summed E-state index contributed by atoms with van der Waals surface area (Å²) in [5.41, 5.74) is 0.931. The Balaban J connectivity index is 0.00000144. The van der Waals surface area contributed by atoms with Crippen LogP contribution in [-0.4, -0.2) is 40.5 Å².